The van der Waals surface area contributed by atoms with E-state index in [2.05, 4.69) is 11.8 Å². The number of piperidine rings is 1. The van der Waals surface area contributed by atoms with Gasteiger partial charge in [-0.1, -0.05) is 6.92 Å². The van der Waals surface area contributed by atoms with E-state index in [1.807, 2.05) is 0 Å². The van der Waals surface area contributed by atoms with Crippen molar-refractivity contribution in [3.05, 3.63) is 0 Å². The smallest absolute Gasteiger partial charge is 0.00101 e. The van der Waals surface area contributed by atoms with Crippen LogP contribution < -0.4 is 5.73 Å². The molecule has 0 aromatic carbocycles. The molecule has 0 aromatic rings. The third kappa shape index (κ3) is 3.11. The number of likely N-dealkylation sites (tertiary alicyclic amines) is 1. The maximum Gasteiger partial charge on any atom is 0.00101 e. The molecule has 1 rings (SSSR count). The molecule has 0 amide bonds. The number of rotatable bonds is 4. The zero-order valence-corrected chi connectivity index (χ0v) is 8.26. The van der Waals surface area contributed by atoms with Crippen LogP contribution in [0, 0.1) is 5.92 Å². The van der Waals surface area contributed by atoms with Gasteiger partial charge in [0.1, 0.15) is 0 Å². The number of nitrogens with two attached hydrogens (primary N) is 1. The highest BCUT2D eigenvalue weighted by molar-refractivity contribution is 4.72. The van der Waals surface area contributed by atoms with Crippen molar-refractivity contribution in [2.75, 3.05) is 26.2 Å². The summed E-state index contributed by atoms with van der Waals surface area (Å²) in [5.74, 6) is 0.885. The second-order valence-electron chi connectivity index (χ2n) is 3.89. The molecular formula is C10H22N2. The third-order valence-corrected chi connectivity index (χ3v) is 2.72. The van der Waals surface area contributed by atoms with Gasteiger partial charge in [0.25, 0.3) is 0 Å². The fourth-order valence-electron chi connectivity index (χ4n) is 2.14. The molecule has 0 saturated carbocycles. The molecule has 2 heteroatoms. The van der Waals surface area contributed by atoms with E-state index in [-0.39, 0.29) is 0 Å². The summed E-state index contributed by atoms with van der Waals surface area (Å²) in [4.78, 5) is 2.59. The number of nitrogens with zero attached hydrogens (tertiary/aromatic N) is 1. The SMILES string of the molecule is CCCN1CCCC(CCN)C1. The first-order valence-corrected chi connectivity index (χ1v) is 5.29. The average Bonchev–Trinajstić information content (AvgIpc) is 2.06. The lowest BCUT2D eigenvalue weighted by Crippen LogP contribution is -2.36. The lowest BCUT2D eigenvalue weighted by Gasteiger charge is -2.32. The van der Waals surface area contributed by atoms with Crippen molar-refractivity contribution in [2.45, 2.75) is 32.6 Å². The van der Waals surface area contributed by atoms with Crippen LogP contribution in [0.4, 0.5) is 0 Å². The highest BCUT2D eigenvalue weighted by Crippen LogP contribution is 2.18. The Morgan fingerprint density at radius 3 is 3.00 bits per heavy atom. The molecule has 0 aliphatic carbocycles. The minimum atomic E-state index is 0.866. The molecule has 1 atom stereocenters. The Labute approximate surface area is 76.1 Å². The third-order valence-electron chi connectivity index (χ3n) is 2.72. The van der Waals surface area contributed by atoms with E-state index in [9.17, 15) is 0 Å². The van der Waals surface area contributed by atoms with Crippen LogP contribution in [0.2, 0.25) is 0 Å². The fraction of sp³-hybridized carbons (Fsp3) is 1.00. The molecule has 1 aliphatic heterocycles. The van der Waals surface area contributed by atoms with Crippen molar-refractivity contribution >= 4 is 0 Å². The van der Waals surface area contributed by atoms with Crippen molar-refractivity contribution in [3.8, 4) is 0 Å². The maximum absolute atomic E-state index is 5.56. The molecule has 0 radical (unpaired) electrons. The Morgan fingerprint density at radius 2 is 2.33 bits per heavy atom. The Kier molecular flexibility index (Phi) is 4.62. The van der Waals surface area contributed by atoms with Gasteiger partial charge in [-0.25, -0.2) is 0 Å². The molecule has 1 heterocycles. The Morgan fingerprint density at radius 1 is 1.50 bits per heavy atom. The Balaban J connectivity index is 2.20. The zero-order valence-electron chi connectivity index (χ0n) is 8.26. The molecule has 0 spiro atoms. The van der Waals surface area contributed by atoms with Gasteiger partial charge in [-0.15, -0.1) is 0 Å². The van der Waals surface area contributed by atoms with Crippen molar-refractivity contribution in [3.63, 3.8) is 0 Å². The molecular weight excluding hydrogens is 148 g/mol. The zero-order chi connectivity index (χ0) is 8.81. The van der Waals surface area contributed by atoms with Gasteiger partial charge in [-0.05, 0) is 51.2 Å². The standard InChI is InChI=1S/C10H22N2/c1-2-7-12-8-3-4-10(9-12)5-6-11/h10H,2-9,11H2,1H3. The van der Waals surface area contributed by atoms with E-state index in [4.69, 9.17) is 5.73 Å². The minimum Gasteiger partial charge on any atom is -0.330 e. The van der Waals surface area contributed by atoms with Gasteiger partial charge in [-0.2, -0.15) is 0 Å². The Bertz CT molecular complexity index is 98.4. The first-order valence-electron chi connectivity index (χ1n) is 5.29. The maximum atomic E-state index is 5.56. The van der Waals surface area contributed by atoms with Gasteiger partial charge < -0.3 is 10.6 Å². The Hall–Kier alpha value is -0.0800. The predicted molar refractivity (Wildman–Crippen MR) is 53.1 cm³/mol. The molecule has 2 N–H and O–H groups in total. The number of hydrogen-bond donors (Lipinski definition) is 1. The highest BCUT2D eigenvalue weighted by atomic mass is 15.1. The van der Waals surface area contributed by atoms with Gasteiger partial charge in [0, 0.05) is 6.54 Å². The van der Waals surface area contributed by atoms with Crippen LogP contribution in [0.3, 0.4) is 0 Å². The molecule has 0 aromatic heterocycles. The second kappa shape index (κ2) is 5.55. The molecule has 12 heavy (non-hydrogen) atoms. The molecule has 1 saturated heterocycles. The van der Waals surface area contributed by atoms with E-state index in [1.165, 1.54) is 45.3 Å². The number of hydrogen-bond acceptors (Lipinski definition) is 2. The minimum absolute atomic E-state index is 0.866. The van der Waals surface area contributed by atoms with E-state index >= 15 is 0 Å². The normalized spacial score (nSPS) is 26.0. The predicted octanol–water partition coefficient (Wildman–Crippen LogP) is 1.46. The first kappa shape index (κ1) is 10.0. The van der Waals surface area contributed by atoms with E-state index in [1.54, 1.807) is 0 Å². The topological polar surface area (TPSA) is 29.3 Å². The summed E-state index contributed by atoms with van der Waals surface area (Å²) in [6.45, 7) is 7.01. The molecule has 2 nitrogen and oxygen atoms in total. The largest absolute Gasteiger partial charge is 0.330 e. The van der Waals surface area contributed by atoms with Crippen molar-refractivity contribution in [1.82, 2.24) is 4.90 Å². The lowest BCUT2D eigenvalue weighted by molar-refractivity contribution is 0.170. The molecule has 72 valence electrons. The van der Waals surface area contributed by atoms with Crippen molar-refractivity contribution in [2.24, 2.45) is 11.7 Å². The molecule has 0 bridgehead atoms. The molecule has 1 unspecified atom stereocenters. The average molecular weight is 170 g/mol. The van der Waals surface area contributed by atoms with Crippen LogP contribution in [0.1, 0.15) is 32.6 Å². The van der Waals surface area contributed by atoms with E-state index in [0.29, 0.717) is 0 Å². The quantitative estimate of drug-likeness (QED) is 0.692. The van der Waals surface area contributed by atoms with E-state index in [0.717, 1.165) is 12.5 Å². The van der Waals surface area contributed by atoms with Crippen LogP contribution in [0.15, 0.2) is 0 Å². The van der Waals surface area contributed by atoms with Crippen LogP contribution in [0.5, 0.6) is 0 Å². The van der Waals surface area contributed by atoms with Crippen molar-refractivity contribution in [1.29, 1.82) is 0 Å². The molecule has 1 fully saturated rings. The van der Waals surface area contributed by atoms with E-state index < -0.39 is 0 Å². The summed E-state index contributed by atoms with van der Waals surface area (Å²) in [5.41, 5.74) is 5.56. The van der Waals surface area contributed by atoms with Crippen LogP contribution in [0.25, 0.3) is 0 Å². The van der Waals surface area contributed by atoms with Crippen LogP contribution >= 0.6 is 0 Å². The van der Waals surface area contributed by atoms with Gasteiger partial charge in [0.05, 0.1) is 0 Å². The first-order chi connectivity index (χ1) is 5.86. The summed E-state index contributed by atoms with van der Waals surface area (Å²) in [5, 5.41) is 0. The molecule has 1 aliphatic rings. The summed E-state index contributed by atoms with van der Waals surface area (Å²) < 4.78 is 0. The lowest BCUT2D eigenvalue weighted by atomic mass is 9.95. The van der Waals surface area contributed by atoms with Crippen LogP contribution in [-0.4, -0.2) is 31.1 Å². The second-order valence-corrected chi connectivity index (χ2v) is 3.89. The summed E-state index contributed by atoms with van der Waals surface area (Å²) in [6.07, 6.45) is 5.29. The highest BCUT2D eigenvalue weighted by Gasteiger charge is 2.17. The van der Waals surface area contributed by atoms with Gasteiger partial charge in [0.2, 0.25) is 0 Å². The fourth-order valence-corrected chi connectivity index (χ4v) is 2.14. The van der Waals surface area contributed by atoms with Crippen LogP contribution in [-0.2, 0) is 0 Å². The van der Waals surface area contributed by atoms with Crippen molar-refractivity contribution < 1.29 is 0 Å². The summed E-state index contributed by atoms with van der Waals surface area (Å²) >= 11 is 0. The monoisotopic (exact) mass is 170 g/mol. The van der Waals surface area contributed by atoms with Gasteiger partial charge >= 0.3 is 0 Å². The van der Waals surface area contributed by atoms with Gasteiger partial charge in [0.15, 0.2) is 0 Å². The summed E-state index contributed by atoms with van der Waals surface area (Å²) in [6, 6.07) is 0. The van der Waals surface area contributed by atoms with Gasteiger partial charge in [-0.3, -0.25) is 0 Å². The summed E-state index contributed by atoms with van der Waals surface area (Å²) in [7, 11) is 0.